The number of Topliss-reactive ketones (excluding diaryl/α,β-unsaturated/α-hetero) is 1. The molecule has 0 aromatic carbocycles. The van der Waals surface area contributed by atoms with Crippen LogP contribution in [0.3, 0.4) is 0 Å². The molecule has 0 atom stereocenters. The number of anilines is 1. The largest absolute Gasteiger partial charge is 0.477 e. The van der Waals surface area contributed by atoms with Gasteiger partial charge in [0.2, 0.25) is 5.91 Å². The number of amides is 1. The van der Waals surface area contributed by atoms with Crippen molar-refractivity contribution in [3.63, 3.8) is 0 Å². The van der Waals surface area contributed by atoms with Gasteiger partial charge in [0.15, 0.2) is 0 Å². The summed E-state index contributed by atoms with van der Waals surface area (Å²) in [5, 5.41) is 10.2. The SMILES string of the molecule is CC1CCC(C(=O)N(c2cc(C3=CCCCC3)sc2C(=O)O)C2CCC(CC(=O)C(C)C)CC2)CC1. The van der Waals surface area contributed by atoms with Crippen molar-refractivity contribution >= 4 is 40.3 Å². The number of carboxylic acids is 1. The normalized spacial score (nSPS) is 26.9. The van der Waals surface area contributed by atoms with Crippen molar-refractivity contribution in [3.05, 3.63) is 21.9 Å². The Morgan fingerprint density at radius 2 is 1.72 bits per heavy atom. The second-order valence-electron chi connectivity index (χ2n) is 11.8. The van der Waals surface area contributed by atoms with Crippen LogP contribution in [0, 0.1) is 23.7 Å². The van der Waals surface area contributed by atoms with Gasteiger partial charge < -0.3 is 10.0 Å². The quantitative estimate of drug-likeness (QED) is 0.386. The van der Waals surface area contributed by atoms with Crippen LogP contribution >= 0.6 is 11.3 Å². The van der Waals surface area contributed by atoms with Crippen molar-refractivity contribution in [2.24, 2.45) is 23.7 Å². The molecule has 2 saturated carbocycles. The maximum Gasteiger partial charge on any atom is 0.348 e. The van der Waals surface area contributed by atoms with Crippen LogP contribution in [0.15, 0.2) is 12.1 Å². The van der Waals surface area contributed by atoms with Gasteiger partial charge in [-0.05, 0) is 101 Å². The molecule has 1 amide bonds. The highest BCUT2D eigenvalue weighted by atomic mass is 32.1. The van der Waals surface area contributed by atoms with Crippen LogP contribution in [0.5, 0.6) is 0 Å². The summed E-state index contributed by atoms with van der Waals surface area (Å²) in [5.74, 6) is 0.549. The first kappa shape index (κ1) is 27.1. The second-order valence-corrected chi connectivity index (χ2v) is 12.8. The maximum absolute atomic E-state index is 14.1. The van der Waals surface area contributed by atoms with Gasteiger partial charge in [0, 0.05) is 29.2 Å². The van der Waals surface area contributed by atoms with E-state index in [4.69, 9.17) is 0 Å². The van der Waals surface area contributed by atoms with E-state index in [2.05, 4.69) is 13.0 Å². The molecule has 1 N–H and O–H groups in total. The number of nitrogens with zero attached hydrogens (tertiary/aromatic N) is 1. The molecule has 1 aromatic heterocycles. The van der Waals surface area contributed by atoms with Gasteiger partial charge in [0.05, 0.1) is 5.69 Å². The van der Waals surface area contributed by atoms with E-state index >= 15 is 0 Å². The van der Waals surface area contributed by atoms with E-state index in [1.165, 1.54) is 23.3 Å². The zero-order chi connectivity index (χ0) is 25.8. The van der Waals surface area contributed by atoms with E-state index in [9.17, 15) is 19.5 Å². The number of carbonyl (C=O) groups is 3. The van der Waals surface area contributed by atoms with Crippen LogP contribution in [0.4, 0.5) is 5.69 Å². The van der Waals surface area contributed by atoms with Gasteiger partial charge in [-0.2, -0.15) is 0 Å². The summed E-state index contributed by atoms with van der Waals surface area (Å²) in [6, 6.07) is 2.01. The molecule has 0 saturated heterocycles. The minimum Gasteiger partial charge on any atom is -0.477 e. The van der Waals surface area contributed by atoms with E-state index in [1.54, 1.807) is 0 Å². The van der Waals surface area contributed by atoms with Crippen molar-refractivity contribution in [1.82, 2.24) is 0 Å². The molecule has 0 radical (unpaired) electrons. The van der Waals surface area contributed by atoms with Crippen LogP contribution in [0.25, 0.3) is 5.57 Å². The van der Waals surface area contributed by atoms with Crippen molar-refractivity contribution in [2.75, 3.05) is 4.90 Å². The zero-order valence-corrected chi connectivity index (χ0v) is 23.1. The lowest BCUT2D eigenvalue weighted by molar-refractivity contribution is -0.125. The lowest BCUT2D eigenvalue weighted by Crippen LogP contribution is -2.46. The summed E-state index contributed by atoms with van der Waals surface area (Å²) in [4.78, 5) is 42.0. The molecule has 0 bridgehead atoms. The van der Waals surface area contributed by atoms with E-state index in [0.717, 1.165) is 75.5 Å². The molecule has 3 aliphatic carbocycles. The third-order valence-electron chi connectivity index (χ3n) is 8.69. The Labute approximate surface area is 220 Å². The molecule has 1 heterocycles. The Morgan fingerprint density at radius 3 is 2.31 bits per heavy atom. The number of allylic oxidation sites excluding steroid dienone is 2. The number of thiophene rings is 1. The number of hydrogen-bond acceptors (Lipinski definition) is 4. The Morgan fingerprint density at radius 1 is 1.03 bits per heavy atom. The van der Waals surface area contributed by atoms with Crippen molar-refractivity contribution in [2.45, 2.75) is 110 Å². The smallest absolute Gasteiger partial charge is 0.348 e. The topological polar surface area (TPSA) is 74.7 Å². The Balaban J connectivity index is 1.62. The summed E-state index contributed by atoms with van der Waals surface area (Å²) in [6.07, 6.45) is 14.6. The van der Waals surface area contributed by atoms with Gasteiger partial charge in [-0.3, -0.25) is 9.59 Å². The lowest BCUT2D eigenvalue weighted by Gasteiger charge is -2.39. The van der Waals surface area contributed by atoms with Crippen LogP contribution < -0.4 is 4.90 Å². The first-order chi connectivity index (χ1) is 17.2. The minimum absolute atomic E-state index is 0.00291. The van der Waals surface area contributed by atoms with Gasteiger partial charge in [-0.25, -0.2) is 4.79 Å². The summed E-state index contributed by atoms with van der Waals surface area (Å²) >= 11 is 1.34. The van der Waals surface area contributed by atoms with Crippen LogP contribution in [-0.2, 0) is 9.59 Å². The standard InChI is InChI=1S/C30H43NO4S/c1-19(2)26(32)17-21-11-15-24(16-12-21)31(29(33)23-13-9-20(3)10-14-23)25-18-27(36-28(25)30(34)35)22-7-5-4-6-8-22/h7,18-21,23-24H,4-6,8-17H2,1-3H3,(H,34,35). The molecule has 0 aliphatic heterocycles. The number of carbonyl (C=O) groups excluding carboxylic acids is 2. The average Bonchev–Trinajstić information content (AvgIpc) is 3.31. The molecule has 0 unspecified atom stereocenters. The van der Waals surface area contributed by atoms with Gasteiger partial charge in [0.1, 0.15) is 10.7 Å². The van der Waals surface area contributed by atoms with E-state index in [-0.39, 0.29) is 23.8 Å². The molecule has 2 fully saturated rings. The number of hydrogen-bond donors (Lipinski definition) is 1. The molecule has 198 valence electrons. The summed E-state index contributed by atoms with van der Waals surface area (Å²) < 4.78 is 0. The highest BCUT2D eigenvalue weighted by Gasteiger charge is 2.38. The summed E-state index contributed by atoms with van der Waals surface area (Å²) in [7, 11) is 0. The molecule has 3 aliphatic rings. The van der Waals surface area contributed by atoms with Crippen molar-refractivity contribution < 1.29 is 19.5 Å². The molecule has 5 nitrogen and oxygen atoms in total. The lowest BCUT2D eigenvalue weighted by atomic mass is 9.79. The Kier molecular flexibility index (Phi) is 9.08. The van der Waals surface area contributed by atoms with Gasteiger partial charge in [0.25, 0.3) is 0 Å². The van der Waals surface area contributed by atoms with Crippen LogP contribution in [-0.4, -0.2) is 28.8 Å². The first-order valence-electron chi connectivity index (χ1n) is 14.2. The average molecular weight is 514 g/mol. The van der Waals surface area contributed by atoms with Crippen LogP contribution in [0.2, 0.25) is 0 Å². The predicted molar refractivity (Wildman–Crippen MR) is 147 cm³/mol. The molecular weight excluding hydrogens is 470 g/mol. The number of ketones is 1. The number of aromatic carboxylic acids is 1. The van der Waals surface area contributed by atoms with Gasteiger partial charge in [-0.15, -0.1) is 11.3 Å². The third kappa shape index (κ3) is 6.30. The fourth-order valence-electron chi connectivity index (χ4n) is 6.26. The number of carboxylic acid groups (broad SMARTS) is 1. The third-order valence-corrected chi connectivity index (χ3v) is 9.88. The monoisotopic (exact) mass is 513 g/mol. The molecule has 6 heteroatoms. The molecule has 1 aromatic rings. The molecule has 0 spiro atoms. The molecule has 36 heavy (non-hydrogen) atoms. The molecular formula is C30H43NO4S. The van der Waals surface area contributed by atoms with Crippen LogP contribution in [0.1, 0.15) is 119 Å². The van der Waals surface area contributed by atoms with E-state index in [0.29, 0.717) is 34.6 Å². The van der Waals surface area contributed by atoms with Gasteiger partial charge >= 0.3 is 5.97 Å². The van der Waals surface area contributed by atoms with Gasteiger partial charge in [-0.1, -0.05) is 26.8 Å². The van der Waals surface area contributed by atoms with E-state index < -0.39 is 5.97 Å². The minimum atomic E-state index is -0.941. The second kappa shape index (κ2) is 12.1. The Bertz CT molecular complexity index is 977. The van der Waals surface area contributed by atoms with Crippen molar-refractivity contribution in [3.8, 4) is 0 Å². The first-order valence-corrected chi connectivity index (χ1v) is 15.0. The summed E-state index contributed by atoms with van der Waals surface area (Å²) in [6.45, 7) is 6.18. The van der Waals surface area contributed by atoms with Crippen molar-refractivity contribution in [1.29, 1.82) is 0 Å². The summed E-state index contributed by atoms with van der Waals surface area (Å²) in [5.41, 5.74) is 1.84. The maximum atomic E-state index is 14.1. The zero-order valence-electron chi connectivity index (χ0n) is 22.3. The predicted octanol–water partition coefficient (Wildman–Crippen LogP) is 7.74. The highest BCUT2D eigenvalue weighted by molar-refractivity contribution is 7.15. The highest BCUT2D eigenvalue weighted by Crippen LogP contribution is 2.42. The van der Waals surface area contributed by atoms with E-state index in [1.807, 2.05) is 24.8 Å². The number of rotatable bonds is 8. The Hall–Kier alpha value is -1.95. The molecule has 4 rings (SSSR count). The fourth-order valence-corrected chi connectivity index (χ4v) is 7.32. The fraction of sp³-hybridized carbons (Fsp3) is 0.700.